The maximum Gasteiger partial charge on any atom is 0.407 e. The molecule has 0 aliphatic rings. The van der Waals surface area contributed by atoms with Crippen molar-refractivity contribution in [3.05, 3.63) is 0 Å². The molecule has 7 nitrogen and oxygen atoms in total. The fourth-order valence-corrected chi connectivity index (χ4v) is 1.21. The van der Waals surface area contributed by atoms with Gasteiger partial charge in [0.2, 0.25) is 0 Å². The number of amides is 1. The number of aliphatic hydroxyl groups is 1. The number of carbonyl (C=O) groups is 2. The molecule has 0 aromatic carbocycles. The lowest BCUT2D eigenvalue weighted by Gasteiger charge is -2.22. The number of rotatable bonds is 7. The van der Waals surface area contributed by atoms with Gasteiger partial charge >= 0.3 is 12.1 Å². The Balaban J connectivity index is 3.86. The largest absolute Gasteiger partial charge is 0.464 e. The number of esters is 1. The maximum absolute atomic E-state index is 11.4. The van der Waals surface area contributed by atoms with Crippen LogP contribution in [0.5, 0.6) is 0 Å². The van der Waals surface area contributed by atoms with Gasteiger partial charge < -0.3 is 24.6 Å². The molecule has 0 saturated heterocycles. The zero-order valence-corrected chi connectivity index (χ0v) is 12.8. The second-order valence-corrected chi connectivity index (χ2v) is 5.35. The number of aliphatic hydroxyl groups excluding tert-OH is 1. The van der Waals surface area contributed by atoms with Gasteiger partial charge in [0, 0.05) is 0 Å². The quantitative estimate of drug-likeness (QED) is 0.675. The van der Waals surface area contributed by atoms with Crippen LogP contribution in [0.25, 0.3) is 0 Å². The fraction of sp³-hybridized carbons (Fsp3) is 0.846. The van der Waals surface area contributed by atoms with E-state index >= 15 is 0 Å². The van der Waals surface area contributed by atoms with Crippen molar-refractivity contribution >= 4 is 12.1 Å². The second-order valence-electron chi connectivity index (χ2n) is 5.35. The van der Waals surface area contributed by atoms with Crippen molar-refractivity contribution in [2.75, 3.05) is 19.8 Å². The molecule has 0 radical (unpaired) electrons. The van der Waals surface area contributed by atoms with E-state index in [1.807, 2.05) is 0 Å². The molecule has 1 unspecified atom stereocenters. The third-order valence-corrected chi connectivity index (χ3v) is 1.97. The predicted molar refractivity (Wildman–Crippen MR) is 72.3 cm³/mol. The molecule has 2 atom stereocenters. The summed E-state index contributed by atoms with van der Waals surface area (Å²) in [5, 5.41) is 12.0. The molecule has 0 aromatic heterocycles. The summed E-state index contributed by atoms with van der Waals surface area (Å²) in [4.78, 5) is 22.6. The van der Waals surface area contributed by atoms with E-state index in [9.17, 15) is 14.7 Å². The van der Waals surface area contributed by atoms with Crippen LogP contribution in [0.15, 0.2) is 0 Å². The van der Waals surface area contributed by atoms with E-state index in [0.717, 1.165) is 0 Å². The number of nitrogens with one attached hydrogen (secondary N) is 1. The first kappa shape index (κ1) is 18.7. The normalized spacial score (nSPS) is 14.3. The Morgan fingerprint density at radius 3 is 2.35 bits per heavy atom. The number of hydrogen-bond acceptors (Lipinski definition) is 6. The first-order valence-electron chi connectivity index (χ1n) is 6.57. The highest BCUT2D eigenvalue weighted by molar-refractivity contribution is 5.74. The van der Waals surface area contributed by atoms with Gasteiger partial charge in [-0.1, -0.05) is 0 Å². The average Bonchev–Trinajstić information content (AvgIpc) is 2.26. The molecule has 0 rings (SSSR count). The molecule has 7 heteroatoms. The van der Waals surface area contributed by atoms with Crippen LogP contribution in [-0.2, 0) is 19.0 Å². The molecular formula is C13H25NO6. The highest BCUT2D eigenvalue weighted by atomic mass is 16.6. The molecular weight excluding hydrogens is 266 g/mol. The van der Waals surface area contributed by atoms with Gasteiger partial charge in [0.25, 0.3) is 0 Å². The van der Waals surface area contributed by atoms with Gasteiger partial charge in [-0.25, -0.2) is 9.59 Å². The summed E-state index contributed by atoms with van der Waals surface area (Å²) in [7, 11) is 0. The van der Waals surface area contributed by atoms with Crippen molar-refractivity contribution in [3.8, 4) is 0 Å². The Morgan fingerprint density at radius 1 is 1.25 bits per heavy atom. The minimum atomic E-state index is -1.32. The van der Waals surface area contributed by atoms with E-state index in [2.05, 4.69) is 10.1 Å². The number of carbonyl (C=O) groups excluding carboxylic acids is 2. The van der Waals surface area contributed by atoms with E-state index in [-0.39, 0.29) is 25.9 Å². The molecule has 0 aliphatic carbocycles. The van der Waals surface area contributed by atoms with Crippen molar-refractivity contribution in [2.24, 2.45) is 0 Å². The molecule has 0 bridgehead atoms. The van der Waals surface area contributed by atoms with Gasteiger partial charge in [-0.15, -0.1) is 0 Å². The Labute approximate surface area is 119 Å². The molecule has 2 N–H and O–H groups in total. The van der Waals surface area contributed by atoms with Crippen molar-refractivity contribution in [3.63, 3.8) is 0 Å². The number of ether oxygens (including phenoxy) is 3. The van der Waals surface area contributed by atoms with Gasteiger partial charge in [-0.05, 0) is 34.6 Å². The van der Waals surface area contributed by atoms with Gasteiger partial charge in [-0.2, -0.15) is 0 Å². The van der Waals surface area contributed by atoms with Crippen LogP contribution in [0.3, 0.4) is 0 Å². The van der Waals surface area contributed by atoms with Crippen molar-refractivity contribution in [1.29, 1.82) is 0 Å². The van der Waals surface area contributed by atoms with Crippen LogP contribution < -0.4 is 5.32 Å². The zero-order chi connectivity index (χ0) is 15.8. The summed E-state index contributed by atoms with van der Waals surface area (Å²) in [5.74, 6) is -0.722. The standard InChI is InChI=1S/C13H25NO6/c1-6-19-11(16)10(15)8-18-7-9(2)14-12(17)20-13(3,4)5/h9-10,15H,6-8H2,1-5H3,(H,14,17)/t9-,10?/m0/s1. The van der Waals surface area contributed by atoms with Gasteiger partial charge in [-0.3, -0.25) is 0 Å². The van der Waals surface area contributed by atoms with Gasteiger partial charge in [0.05, 0.1) is 25.9 Å². The Kier molecular flexibility index (Phi) is 8.17. The van der Waals surface area contributed by atoms with Gasteiger partial charge in [0.1, 0.15) is 5.60 Å². The molecule has 0 spiro atoms. The minimum absolute atomic E-state index is 0.149. The summed E-state index contributed by atoms with van der Waals surface area (Å²) in [6.07, 6.45) is -1.86. The molecule has 1 amide bonds. The van der Waals surface area contributed by atoms with Crippen LogP contribution in [0, 0.1) is 0 Å². The predicted octanol–water partition coefficient (Wildman–Crippen LogP) is 0.840. The Hall–Kier alpha value is -1.34. The third kappa shape index (κ3) is 9.57. The van der Waals surface area contributed by atoms with Crippen LogP contribution in [0.1, 0.15) is 34.6 Å². The van der Waals surface area contributed by atoms with Crippen LogP contribution in [0.4, 0.5) is 4.79 Å². The van der Waals surface area contributed by atoms with Gasteiger partial charge in [0.15, 0.2) is 6.10 Å². The lowest BCUT2D eigenvalue weighted by atomic mass is 10.2. The third-order valence-electron chi connectivity index (χ3n) is 1.97. The summed E-state index contributed by atoms with van der Waals surface area (Å²) >= 11 is 0. The molecule has 0 fully saturated rings. The van der Waals surface area contributed by atoms with E-state index in [1.54, 1.807) is 34.6 Å². The lowest BCUT2D eigenvalue weighted by Crippen LogP contribution is -2.40. The zero-order valence-electron chi connectivity index (χ0n) is 12.8. The van der Waals surface area contributed by atoms with Crippen molar-refractivity contribution in [1.82, 2.24) is 5.32 Å². The number of hydrogen-bond donors (Lipinski definition) is 2. The summed E-state index contributed by atoms with van der Waals surface area (Å²) in [6.45, 7) is 8.84. The molecule has 118 valence electrons. The van der Waals surface area contributed by atoms with E-state index < -0.39 is 23.8 Å². The first-order chi connectivity index (χ1) is 9.15. The highest BCUT2D eigenvalue weighted by Gasteiger charge is 2.19. The smallest absolute Gasteiger partial charge is 0.407 e. The molecule has 20 heavy (non-hydrogen) atoms. The fourth-order valence-electron chi connectivity index (χ4n) is 1.21. The topological polar surface area (TPSA) is 94.1 Å². The molecule has 0 saturated carbocycles. The maximum atomic E-state index is 11.4. The minimum Gasteiger partial charge on any atom is -0.464 e. The van der Waals surface area contributed by atoms with E-state index in [1.165, 1.54) is 0 Å². The molecule has 0 aromatic rings. The highest BCUT2D eigenvalue weighted by Crippen LogP contribution is 2.06. The summed E-state index contributed by atoms with van der Waals surface area (Å²) in [5.41, 5.74) is -0.565. The molecule has 0 heterocycles. The monoisotopic (exact) mass is 291 g/mol. The van der Waals surface area contributed by atoms with Crippen molar-refractivity contribution < 1.29 is 28.9 Å². The average molecular weight is 291 g/mol. The SMILES string of the molecule is CCOC(=O)C(O)COC[C@H](C)NC(=O)OC(C)(C)C. The lowest BCUT2D eigenvalue weighted by molar-refractivity contribution is -0.156. The summed E-state index contributed by atoms with van der Waals surface area (Å²) in [6, 6.07) is -0.306. The van der Waals surface area contributed by atoms with Crippen LogP contribution in [-0.4, -0.2) is 54.7 Å². The Morgan fingerprint density at radius 2 is 1.85 bits per heavy atom. The number of alkyl carbamates (subject to hydrolysis) is 1. The Bertz CT molecular complexity index is 312. The van der Waals surface area contributed by atoms with E-state index in [0.29, 0.717) is 0 Å². The van der Waals surface area contributed by atoms with Crippen LogP contribution >= 0.6 is 0 Å². The molecule has 0 aliphatic heterocycles. The van der Waals surface area contributed by atoms with E-state index in [4.69, 9.17) is 9.47 Å². The van der Waals surface area contributed by atoms with Crippen molar-refractivity contribution in [2.45, 2.75) is 52.4 Å². The summed E-state index contributed by atoms with van der Waals surface area (Å²) < 4.78 is 14.8. The second kappa shape index (κ2) is 8.76. The first-order valence-corrected chi connectivity index (χ1v) is 6.57. The van der Waals surface area contributed by atoms with Crippen LogP contribution in [0.2, 0.25) is 0 Å².